The average Bonchev–Trinajstić information content (AvgIpc) is 2.36. The zero-order chi connectivity index (χ0) is 9.84. The minimum absolute atomic E-state index is 0.170. The lowest BCUT2D eigenvalue weighted by Crippen LogP contribution is -2.33. The van der Waals surface area contributed by atoms with Crippen molar-refractivity contribution >= 4 is 28.7 Å². The first kappa shape index (κ1) is 9.74. The molecule has 1 aliphatic rings. The van der Waals surface area contributed by atoms with E-state index in [2.05, 4.69) is 0 Å². The fourth-order valence-corrected chi connectivity index (χ4v) is 1.31. The standard InChI is InChI=1S/C7H6N2O3S/c8-4-13-7(12)3-9-5(10)1-2-6(9)11/h1-3H2. The lowest BCUT2D eigenvalue weighted by molar-refractivity contribution is -0.140. The Bertz CT molecular complexity index is 291. The maximum atomic E-state index is 11.0. The molecule has 0 bridgehead atoms. The molecule has 0 unspecified atom stereocenters. The highest BCUT2D eigenvalue weighted by Gasteiger charge is 2.30. The van der Waals surface area contributed by atoms with Crippen molar-refractivity contribution in [1.29, 1.82) is 5.26 Å². The predicted octanol–water partition coefficient (Wildman–Crippen LogP) is -0.124. The third-order valence-corrected chi connectivity index (χ3v) is 2.05. The van der Waals surface area contributed by atoms with Crippen LogP contribution in [0.4, 0.5) is 0 Å². The summed E-state index contributed by atoms with van der Waals surface area (Å²) in [6.45, 7) is -0.282. The van der Waals surface area contributed by atoms with Gasteiger partial charge >= 0.3 is 0 Å². The molecule has 0 spiro atoms. The Balaban J connectivity index is 2.54. The summed E-state index contributed by atoms with van der Waals surface area (Å²) >= 11 is 0.443. The number of hydrogen-bond donors (Lipinski definition) is 0. The van der Waals surface area contributed by atoms with E-state index in [-0.39, 0.29) is 31.2 Å². The predicted molar refractivity (Wildman–Crippen MR) is 44.2 cm³/mol. The van der Waals surface area contributed by atoms with E-state index < -0.39 is 5.12 Å². The number of nitrogens with zero attached hydrogens (tertiary/aromatic N) is 2. The van der Waals surface area contributed by atoms with Crippen molar-refractivity contribution < 1.29 is 14.4 Å². The van der Waals surface area contributed by atoms with Gasteiger partial charge in [0.25, 0.3) is 0 Å². The van der Waals surface area contributed by atoms with Crippen LogP contribution >= 0.6 is 11.8 Å². The second-order valence-electron chi connectivity index (χ2n) is 2.44. The minimum Gasteiger partial charge on any atom is -0.284 e. The molecule has 5 nitrogen and oxygen atoms in total. The van der Waals surface area contributed by atoms with Crippen LogP contribution in [0.25, 0.3) is 0 Å². The van der Waals surface area contributed by atoms with Gasteiger partial charge in [-0.25, -0.2) is 0 Å². The third kappa shape index (κ3) is 2.29. The Morgan fingerprint density at radius 2 is 2.00 bits per heavy atom. The molecule has 1 aliphatic heterocycles. The molecule has 0 aliphatic carbocycles. The molecule has 2 amide bonds. The fraction of sp³-hybridized carbons (Fsp3) is 0.429. The SMILES string of the molecule is N#CSC(=O)CN1C(=O)CCC1=O. The van der Waals surface area contributed by atoms with Gasteiger partial charge < -0.3 is 0 Å². The quantitative estimate of drug-likeness (QED) is 0.456. The summed E-state index contributed by atoms with van der Waals surface area (Å²) in [7, 11) is 0. The van der Waals surface area contributed by atoms with Crippen LogP contribution in [0.3, 0.4) is 0 Å². The van der Waals surface area contributed by atoms with Gasteiger partial charge in [0.1, 0.15) is 5.40 Å². The molecular weight excluding hydrogens is 192 g/mol. The smallest absolute Gasteiger partial charge is 0.230 e. The number of likely N-dealkylation sites (tertiary alicyclic amines) is 1. The van der Waals surface area contributed by atoms with Gasteiger partial charge in [0.15, 0.2) is 0 Å². The summed E-state index contributed by atoms with van der Waals surface area (Å²) < 4.78 is 0. The number of thiocyanates is 1. The minimum atomic E-state index is -0.480. The van der Waals surface area contributed by atoms with Crippen molar-refractivity contribution in [3.8, 4) is 5.40 Å². The molecule has 0 saturated carbocycles. The molecule has 13 heavy (non-hydrogen) atoms. The molecule has 1 heterocycles. The molecule has 0 N–H and O–H groups in total. The molecule has 0 aromatic heterocycles. The maximum Gasteiger partial charge on any atom is 0.230 e. The summed E-state index contributed by atoms with van der Waals surface area (Å²) in [6, 6.07) is 0. The number of rotatable bonds is 2. The molecule has 68 valence electrons. The molecule has 1 rings (SSSR count). The second-order valence-corrected chi connectivity index (χ2v) is 3.28. The Kier molecular flexibility index (Phi) is 3.03. The van der Waals surface area contributed by atoms with Crippen LogP contribution in [0.5, 0.6) is 0 Å². The molecule has 1 saturated heterocycles. The average molecular weight is 198 g/mol. The number of imide groups is 1. The van der Waals surface area contributed by atoms with Crippen LogP contribution in [0.2, 0.25) is 0 Å². The number of thioether (sulfide) groups is 1. The normalized spacial score (nSPS) is 16.1. The maximum absolute atomic E-state index is 11.0. The largest absolute Gasteiger partial charge is 0.284 e. The van der Waals surface area contributed by atoms with E-state index in [4.69, 9.17) is 5.26 Å². The molecular formula is C7H6N2O3S. The Morgan fingerprint density at radius 1 is 1.46 bits per heavy atom. The lowest BCUT2D eigenvalue weighted by Gasteiger charge is -2.10. The van der Waals surface area contributed by atoms with E-state index in [1.54, 1.807) is 5.40 Å². The van der Waals surface area contributed by atoms with Gasteiger partial charge in [0.2, 0.25) is 16.9 Å². The zero-order valence-electron chi connectivity index (χ0n) is 6.65. The molecule has 6 heteroatoms. The first-order chi connectivity index (χ1) is 6.15. The van der Waals surface area contributed by atoms with Crippen LogP contribution in [0, 0.1) is 10.7 Å². The van der Waals surface area contributed by atoms with Crippen LogP contribution < -0.4 is 0 Å². The number of amides is 2. The molecule has 0 radical (unpaired) electrons. The van der Waals surface area contributed by atoms with Gasteiger partial charge in [-0.1, -0.05) is 0 Å². The van der Waals surface area contributed by atoms with Crippen LogP contribution in [0.1, 0.15) is 12.8 Å². The van der Waals surface area contributed by atoms with Crippen LogP contribution in [0.15, 0.2) is 0 Å². The first-order valence-corrected chi connectivity index (χ1v) is 4.38. The van der Waals surface area contributed by atoms with Crippen molar-refractivity contribution in [3.05, 3.63) is 0 Å². The van der Waals surface area contributed by atoms with Gasteiger partial charge in [-0.3, -0.25) is 19.3 Å². The number of hydrogen-bond acceptors (Lipinski definition) is 5. The summed E-state index contributed by atoms with van der Waals surface area (Å²) in [5.74, 6) is -0.672. The van der Waals surface area contributed by atoms with E-state index in [1.165, 1.54) is 0 Å². The monoisotopic (exact) mass is 198 g/mol. The van der Waals surface area contributed by atoms with E-state index in [0.29, 0.717) is 11.8 Å². The first-order valence-electron chi connectivity index (χ1n) is 3.57. The summed E-state index contributed by atoms with van der Waals surface area (Å²) in [4.78, 5) is 33.8. The van der Waals surface area contributed by atoms with Crippen molar-refractivity contribution in [2.75, 3.05) is 6.54 Å². The molecule has 0 aromatic carbocycles. The van der Waals surface area contributed by atoms with Crippen LogP contribution in [-0.4, -0.2) is 28.4 Å². The highest BCUT2D eigenvalue weighted by atomic mass is 32.2. The Hall–Kier alpha value is -1.35. The Morgan fingerprint density at radius 3 is 2.46 bits per heavy atom. The number of nitriles is 1. The summed E-state index contributed by atoms with van der Waals surface area (Å²) in [6.07, 6.45) is 0.340. The highest BCUT2D eigenvalue weighted by Crippen LogP contribution is 2.12. The Labute approximate surface area is 78.7 Å². The van der Waals surface area contributed by atoms with Crippen molar-refractivity contribution in [1.82, 2.24) is 4.90 Å². The fourth-order valence-electron chi connectivity index (χ4n) is 1.01. The van der Waals surface area contributed by atoms with Gasteiger partial charge in [-0.05, 0) is 0 Å². The van der Waals surface area contributed by atoms with E-state index in [9.17, 15) is 14.4 Å². The highest BCUT2D eigenvalue weighted by molar-refractivity contribution is 8.17. The summed E-state index contributed by atoms with van der Waals surface area (Å²) in [5, 5.41) is 9.25. The van der Waals surface area contributed by atoms with E-state index in [1.807, 2.05) is 0 Å². The molecule has 1 fully saturated rings. The van der Waals surface area contributed by atoms with E-state index in [0.717, 1.165) is 4.90 Å². The lowest BCUT2D eigenvalue weighted by atomic mass is 10.4. The molecule has 0 aromatic rings. The van der Waals surface area contributed by atoms with Crippen molar-refractivity contribution in [2.24, 2.45) is 0 Å². The third-order valence-electron chi connectivity index (χ3n) is 1.60. The van der Waals surface area contributed by atoms with Crippen LogP contribution in [-0.2, 0) is 14.4 Å². The molecule has 0 atom stereocenters. The van der Waals surface area contributed by atoms with Crippen molar-refractivity contribution in [2.45, 2.75) is 12.8 Å². The summed E-state index contributed by atoms with van der Waals surface area (Å²) in [5.41, 5.74) is 0. The van der Waals surface area contributed by atoms with Gasteiger partial charge in [-0.2, -0.15) is 5.26 Å². The topological polar surface area (TPSA) is 78.2 Å². The van der Waals surface area contributed by atoms with Gasteiger partial charge in [-0.15, -0.1) is 0 Å². The van der Waals surface area contributed by atoms with Gasteiger partial charge in [0.05, 0.1) is 6.54 Å². The number of carbonyl (C=O) groups excluding carboxylic acids is 3. The van der Waals surface area contributed by atoms with E-state index >= 15 is 0 Å². The van der Waals surface area contributed by atoms with Gasteiger partial charge in [0, 0.05) is 24.6 Å². The van der Waals surface area contributed by atoms with Crippen molar-refractivity contribution in [3.63, 3.8) is 0 Å². The number of carbonyl (C=O) groups is 3. The second kappa shape index (κ2) is 4.05. The zero-order valence-corrected chi connectivity index (χ0v) is 7.47.